The summed E-state index contributed by atoms with van der Waals surface area (Å²) in [5.41, 5.74) is 0. The molecule has 1 aromatic carbocycles. The van der Waals surface area contributed by atoms with Crippen molar-refractivity contribution < 1.29 is 13.5 Å². The van der Waals surface area contributed by atoms with E-state index in [0.717, 1.165) is 18.9 Å². The fraction of sp³-hybridized carbons (Fsp3) is 0.538. The molecule has 1 rings (SSSR count). The Morgan fingerprint density at radius 2 is 1.56 bits per heavy atom. The average Bonchev–Trinajstić information content (AvgIpc) is 2.22. The Morgan fingerprint density at radius 3 is 2.19 bits per heavy atom. The molecule has 16 heavy (non-hydrogen) atoms. The third-order valence-corrected chi connectivity index (χ3v) is 2.35. The summed E-state index contributed by atoms with van der Waals surface area (Å²) in [6, 6.07) is 3.25. The average molecular weight is 228 g/mol. The highest BCUT2D eigenvalue weighted by molar-refractivity contribution is 5.23. The zero-order chi connectivity index (χ0) is 11.8. The van der Waals surface area contributed by atoms with E-state index in [2.05, 4.69) is 6.92 Å². The van der Waals surface area contributed by atoms with E-state index in [4.69, 9.17) is 4.74 Å². The molecular weight excluding hydrogens is 210 g/mol. The van der Waals surface area contributed by atoms with Gasteiger partial charge in [0.05, 0.1) is 6.61 Å². The maximum Gasteiger partial charge on any atom is 0.129 e. The second-order valence-electron chi connectivity index (χ2n) is 3.87. The summed E-state index contributed by atoms with van der Waals surface area (Å²) in [7, 11) is 0. The maximum absolute atomic E-state index is 12.8. The SMILES string of the molecule is CCCCCCCOc1cc(F)cc(F)c1. The standard InChI is InChI=1S/C13H18F2O/c1-2-3-4-5-6-7-16-13-9-11(14)8-12(15)10-13/h8-10H,2-7H2,1H3. The van der Waals surface area contributed by atoms with E-state index in [9.17, 15) is 8.78 Å². The lowest BCUT2D eigenvalue weighted by atomic mass is 10.2. The highest BCUT2D eigenvalue weighted by atomic mass is 19.1. The highest BCUT2D eigenvalue weighted by Crippen LogP contribution is 2.15. The molecule has 0 aliphatic carbocycles. The number of hydrogen-bond donors (Lipinski definition) is 0. The Bertz CT molecular complexity index is 293. The summed E-state index contributed by atoms with van der Waals surface area (Å²) in [4.78, 5) is 0. The first-order chi connectivity index (χ1) is 7.72. The van der Waals surface area contributed by atoms with Crippen LogP contribution in [0.25, 0.3) is 0 Å². The first-order valence-corrected chi connectivity index (χ1v) is 5.81. The van der Waals surface area contributed by atoms with Gasteiger partial charge in [0.1, 0.15) is 17.4 Å². The summed E-state index contributed by atoms with van der Waals surface area (Å²) in [6.45, 7) is 2.68. The molecule has 0 aliphatic heterocycles. The van der Waals surface area contributed by atoms with E-state index in [-0.39, 0.29) is 5.75 Å². The first-order valence-electron chi connectivity index (χ1n) is 5.81. The molecule has 0 aliphatic rings. The van der Waals surface area contributed by atoms with Gasteiger partial charge in [-0.3, -0.25) is 0 Å². The lowest BCUT2D eigenvalue weighted by Crippen LogP contribution is -1.98. The van der Waals surface area contributed by atoms with Gasteiger partial charge in [0.15, 0.2) is 0 Å². The van der Waals surface area contributed by atoms with Crippen molar-refractivity contribution in [1.29, 1.82) is 0 Å². The molecular formula is C13H18F2O. The lowest BCUT2D eigenvalue weighted by molar-refractivity contribution is 0.301. The molecule has 3 heteroatoms. The van der Waals surface area contributed by atoms with Gasteiger partial charge in [0.25, 0.3) is 0 Å². The van der Waals surface area contributed by atoms with Gasteiger partial charge in [-0.2, -0.15) is 0 Å². The zero-order valence-electron chi connectivity index (χ0n) is 9.64. The molecule has 1 aromatic rings. The second-order valence-corrected chi connectivity index (χ2v) is 3.87. The Morgan fingerprint density at radius 1 is 0.938 bits per heavy atom. The van der Waals surface area contributed by atoms with Gasteiger partial charge >= 0.3 is 0 Å². The number of ether oxygens (including phenoxy) is 1. The van der Waals surface area contributed by atoms with Gasteiger partial charge in [-0.05, 0) is 6.42 Å². The Balaban J connectivity index is 2.21. The molecule has 0 saturated heterocycles. The molecule has 0 fully saturated rings. The van der Waals surface area contributed by atoms with Crippen LogP contribution in [0.15, 0.2) is 18.2 Å². The van der Waals surface area contributed by atoms with Crippen molar-refractivity contribution in [3.8, 4) is 5.75 Å². The van der Waals surface area contributed by atoms with Crippen molar-refractivity contribution in [3.05, 3.63) is 29.8 Å². The molecule has 0 heterocycles. The van der Waals surface area contributed by atoms with Gasteiger partial charge in [0, 0.05) is 18.2 Å². The molecule has 1 nitrogen and oxygen atoms in total. The van der Waals surface area contributed by atoms with Gasteiger partial charge in [-0.15, -0.1) is 0 Å². The van der Waals surface area contributed by atoms with E-state index >= 15 is 0 Å². The lowest BCUT2D eigenvalue weighted by Gasteiger charge is -2.06. The molecule has 0 spiro atoms. The number of hydrogen-bond acceptors (Lipinski definition) is 1. The minimum absolute atomic E-state index is 0.271. The predicted molar refractivity (Wildman–Crippen MR) is 60.6 cm³/mol. The topological polar surface area (TPSA) is 9.23 Å². The summed E-state index contributed by atoms with van der Waals surface area (Å²) < 4.78 is 30.8. The van der Waals surface area contributed by atoms with Crippen molar-refractivity contribution in [1.82, 2.24) is 0 Å². The molecule has 0 saturated carbocycles. The van der Waals surface area contributed by atoms with Crippen LogP contribution >= 0.6 is 0 Å². The molecule has 0 amide bonds. The second kappa shape index (κ2) is 7.20. The van der Waals surface area contributed by atoms with Crippen LogP contribution in [0.1, 0.15) is 39.0 Å². The Labute approximate surface area is 95.4 Å². The third kappa shape index (κ3) is 5.10. The fourth-order valence-electron chi connectivity index (χ4n) is 1.51. The minimum Gasteiger partial charge on any atom is -0.493 e. The van der Waals surface area contributed by atoms with Crippen molar-refractivity contribution in [2.75, 3.05) is 6.61 Å². The van der Waals surface area contributed by atoms with Gasteiger partial charge in [0.2, 0.25) is 0 Å². The molecule has 0 N–H and O–H groups in total. The molecule has 0 aromatic heterocycles. The van der Waals surface area contributed by atoms with Crippen LogP contribution in [-0.2, 0) is 0 Å². The Kier molecular flexibility index (Phi) is 5.83. The molecule has 0 atom stereocenters. The summed E-state index contributed by atoms with van der Waals surface area (Å²) in [5.74, 6) is -0.921. The Hall–Kier alpha value is -1.12. The molecule has 90 valence electrons. The van der Waals surface area contributed by atoms with Crippen molar-refractivity contribution in [2.45, 2.75) is 39.0 Å². The van der Waals surface area contributed by atoms with E-state index in [1.165, 1.54) is 31.4 Å². The van der Waals surface area contributed by atoms with Gasteiger partial charge in [-0.1, -0.05) is 32.6 Å². The highest BCUT2D eigenvalue weighted by Gasteiger charge is 2.00. The van der Waals surface area contributed by atoms with Gasteiger partial charge < -0.3 is 4.74 Å². The first kappa shape index (κ1) is 12.9. The van der Waals surface area contributed by atoms with E-state index in [0.29, 0.717) is 6.61 Å². The van der Waals surface area contributed by atoms with Crippen molar-refractivity contribution in [3.63, 3.8) is 0 Å². The summed E-state index contributed by atoms with van der Waals surface area (Å²) >= 11 is 0. The summed E-state index contributed by atoms with van der Waals surface area (Å²) in [5, 5.41) is 0. The minimum atomic E-state index is -0.596. The normalized spacial score (nSPS) is 10.4. The smallest absolute Gasteiger partial charge is 0.129 e. The van der Waals surface area contributed by atoms with Crippen LogP contribution in [0.5, 0.6) is 5.75 Å². The van der Waals surface area contributed by atoms with Crippen molar-refractivity contribution in [2.24, 2.45) is 0 Å². The van der Waals surface area contributed by atoms with Crippen LogP contribution in [0.4, 0.5) is 8.78 Å². The van der Waals surface area contributed by atoms with Crippen LogP contribution in [0, 0.1) is 11.6 Å². The van der Waals surface area contributed by atoms with Crippen molar-refractivity contribution >= 4 is 0 Å². The van der Waals surface area contributed by atoms with E-state index in [1.54, 1.807) is 0 Å². The fourth-order valence-corrected chi connectivity index (χ4v) is 1.51. The number of rotatable bonds is 7. The predicted octanol–water partition coefficient (Wildman–Crippen LogP) is 4.31. The molecule has 0 unspecified atom stereocenters. The maximum atomic E-state index is 12.8. The quantitative estimate of drug-likeness (QED) is 0.632. The number of benzene rings is 1. The van der Waals surface area contributed by atoms with Crippen LogP contribution in [-0.4, -0.2) is 6.61 Å². The number of unbranched alkanes of at least 4 members (excludes halogenated alkanes) is 4. The van der Waals surface area contributed by atoms with Crippen LogP contribution in [0.2, 0.25) is 0 Å². The van der Waals surface area contributed by atoms with E-state index < -0.39 is 11.6 Å². The van der Waals surface area contributed by atoms with Gasteiger partial charge in [-0.25, -0.2) is 8.78 Å². The van der Waals surface area contributed by atoms with Crippen LogP contribution < -0.4 is 4.74 Å². The monoisotopic (exact) mass is 228 g/mol. The van der Waals surface area contributed by atoms with Crippen LogP contribution in [0.3, 0.4) is 0 Å². The summed E-state index contributed by atoms with van der Waals surface area (Å²) in [6.07, 6.45) is 5.66. The number of halogens is 2. The molecule has 0 radical (unpaired) electrons. The molecule has 0 bridgehead atoms. The van der Waals surface area contributed by atoms with E-state index in [1.807, 2.05) is 0 Å². The zero-order valence-corrected chi connectivity index (χ0v) is 9.64. The largest absolute Gasteiger partial charge is 0.493 e. The third-order valence-electron chi connectivity index (χ3n) is 2.35.